The highest BCUT2D eigenvalue weighted by molar-refractivity contribution is 8.00. The molecule has 2 N–H and O–H groups in total. The SMILES string of the molecule is Cc1cc(C)c(S(=O)(=O)N2CC(C)SC(C)C2)cc1CN. The molecule has 6 heteroatoms. The number of nitrogens with zero attached hydrogens (tertiary/aromatic N) is 1. The minimum absolute atomic E-state index is 0.322. The van der Waals surface area contributed by atoms with Crippen molar-refractivity contribution in [3.63, 3.8) is 0 Å². The van der Waals surface area contributed by atoms with Gasteiger partial charge in [-0.05, 0) is 36.6 Å². The number of sulfonamides is 1. The molecule has 2 atom stereocenters. The molecule has 0 saturated carbocycles. The third-order valence-corrected chi connectivity index (χ3v) is 7.06. The molecule has 0 bridgehead atoms. The first-order valence-corrected chi connectivity index (χ1v) is 9.59. The summed E-state index contributed by atoms with van der Waals surface area (Å²) in [5, 5.41) is 0.645. The van der Waals surface area contributed by atoms with E-state index in [9.17, 15) is 8.42 Å². The summed E-state index contributed by atoms with van der Waals surface area (Å²) in [7, 11) is -3.44. The fourth-order valence-electron chi connectivity index (χ4n) is 2.84. The van der Waals surface area contributed by atoms with Crippen molar-refractivity contribution in [2.24, 2.45) is 5.73 Å². The number of hydrogen-bond donors (Lipinski definition) is 1. The Kier molecular flexibility index (Phi) is 5.03. The highest BCUT2D eigenvalue weighted by Crippen LogP contribution is 2.30. The molecule has 1 aliphatic rings. The van der Waals surface area contributed by atoms with Crippen LogP contribution in [0, 0.1) is 13.8 Å². The maximum absolute atomic E-state index is 13.0. The minimum Gasteiger partial charge on any atom is -0.326 e. The summed E-state index contributed by atoms with van der Waals surface area (Å²) < 4.78 is 27.5. The highest BCUT2D eigenvalue weighted by atomic mass is 32.2. The van der Waals surface area contributed by atoms with Crippen molar-refractivity contribution in [2.45, 2.75) is 49.6 Å². The molecule has 0 radical (unpaired) electrons. The Morgan fingerprint density at radius 1 is 1.19 bits per heavy atom. The molecule has 0 aliphatic carbocycles. The monoisotopic (exact) mass is 328 g/mol. The molecule has 1 heterocycles. The van der Waals surface area contributed by atoms with Gasteiger partial charge < -0.3 is 5.73 Å². The van der Waals surface area contributed by atoms with Gasteiger partial charge in [0.15, 0.2) is 0 Å². The summed E-state index contributed by atoms with van der Waals surface area (Å²) in [6.45, 7) is 9.48. The van der Waals surface area contributed by atoms with Gasteiger partial charge in [-0.3, -0.25) is 0 Å². The summed E-state index contributed by atoms with van der Waals surface area (Å²) in [6.07, 6.45) is 0. The first-order valence-electron chi connectivity index (χ1n) is 7.21. The Bertz CT molecular complexity index is 619. The zero-order valence-corrected chi connectivity index (χ0v) is 14.7. The van der Waals surface area contributed by atoms with Gasteiger partial charge in [0.1, 0.15) is 0 Å². The quantitative estimate of drug-likeness (QED) is 0.924. The van der Waals surface area contributed by atoms with Crippen molar-refractivity contribution in [1.29, 1.82) is 0 Å². The lowest BCUT2D eigenvalue weighted by atomic mass is 10.1. The second-order valence-electron chi connectivity index (χ2n) is 5.83. The molecule has 0 spiro atoms. The highest BCUT2D eigenvalue weighted by Gasteiger charge is 2.33. The van der Waals surface area contributed by atoms with Crippen LogP contribution in [0.2, 0.25) is 0 Å². The molecule has 21 heavy (non-hydrogen) atoms. The molecule has 1 aromatic carbocycles. The van der Waals surface area contributed by atoms with Crippen LogP contribution in [0.3, 0.4) is 0 Å². The van der Waals surface area contributed by atoms with Crippen molar-refractivity contribution < 1.29 is 8.42 Å². The lowest BCUT2D eigenvalue weighted by molar-refractivity contribution is 0.404. The number of thioether (sulfide) groups is 1. The predicted molar refractivity (Wildman–Crippen MR) is 89.1 cm³/mol. The maximum Gasteiger partial charge on any atom is 0.243 e. The minimum atomic E-state index is -3.44. The van der Waals surface area contributed by atoms with E-state index in [0.29, 0.717) is 35.0 Å². The Labute approximate surface area is 132 Å². The molecule has 1 fully saturated rings. The molecule has 1 aromatic rings. The van der Waals surface area contributed by atoms with E-state index in [0.717, 1.165) is 16.7 Å². The number of rotatable bonds is 3. The molecule has 0 aromatic heterocycles. The summed E-state index contributed by atoms with van der Waals surface area (Å²) >= 11 is 1.84. The van der Waals surface area contributed by atoms with Crippen molar-refractivity contribution >= 4 is 21.8 Å². The number of nitrogens with two attached hydrogens (primary N) is 1. The van der Waals surface area contributed by atoms with Gasteiger partial charge in [0, 0.05) is 30.1 Å². The molecule has 2 rings (SSSR count). The van der Waals surface area contributed by atoms with Gasteiger partial charge in [0.25, 0.3) is 0 Å². The van der Waals surface area contributed by atoms with Crippen LogP contribution in [-0.4, -0.2) is 36.3 Å². The van der Waals surface area contributed by atoms with Crippen LogP contribution in [0.5, 0.6) is 0 Å². The molecular weight excluding hydrogens is 304 g/mol. The van der Waals surface area contributed by atoms with Crippen LogP contribution in [0.1, 0.15) is 30.5 Å². The molecule has 2 unspecified atom stereocenters. The first kappa shape index (κ1) is 16.8. The van der Waals surface area contributed by atoms with Crippen LogP contribution >= 0.6 is 11.8 Å². The summed E-state index contributed by atoms with van der Waals surface area (Å²) in [4.78, 5) is 0.403. The van der Waals surface area contributed by atoms with E-state index in [1.54, 1.807) is 10.4 Å². The van der Waals surface area contributed by atoms with Gasteiger partial charge in [0.2, 0.25) is 10.0 Å². The largest absolute Gasteiger partial charge is 0.326 e. The molecule has 0 amide bonds. The lowest BCUT2D eigenvalue weighted by Crippen LogP contribution is -2.44. The molecular formula is C15H24N2O2S2. The van der Waals surface area contributed by atoms with Crippen LogP contribution < -0.4 is 5.73 Å². The Hall–Kier alpha value is -0.560. The average Bonchev–Trinajstić information content (AvgIpc) is 2.37. The smallest absolute Gasteiger partial charge is 0.243 e. The van der Waals surface area contributed by atoms with Gasteiger partial charge in [-0.1, -0.05) is 19.9 Å². The van der Waals surface area contributed by atoms with Gasteiger partial charge >= 0.3 is 0 Å². The topological polar surface area (TPSA) is 63.4 Å². The second-order valence-corrected chi connectivity index (χ2v) is 9.62. The van der Waals surface area contributed by atoms with Crippen LogP contribution in [-0.2, 0) is 16.6 Å². The van der Waals surface area contributed by atoms with E-state index >= 15 is 0 Å². The van der Waals surface area contributed by atoms with Gasteiger partial charge in [0.05, 0.1) is 4.90 Å². The fourth-order valence-corrected chi connectivity index (χ4v) is 6.23. The number of aryl methyl sites for hydroxylation is 2. The third-order valence-electron chi connectivity index (χ3n) is 3.86. The first-order chi connectivity index (χ1) is 9.75. The average molecular weight is 329 g/mol. The third kappa shape index (κ3) is 3.44. The molecule has 4 nitrogen and oxygen atoms in total. The maximum atomic E-state index is 13.0. The van der Waals surface area contributed by atoms with Crippen LogP contribution in [0.15, 0.2) is 17.0 Å². The van der Waals surface area contributed by atoms with Gasteiger partial charge in [-0.25, -0.2) is 8.42 Å². The standard InChI is InChI=1S/C15H24N2O2S2/c1-10-5-11(2)15(6-14(10)7-16)21(18,19)17-8-12(3)20-13(4)9-17/h5-6,12-13H,7-9,16H2,1-4H3. The van der Waals surface area contributed by atoms with E-state index in [1.165, 1.54) is 0 Å². The van der Waals surface area contributed by atoms with Crippen molar-refractivity contribution in [2.75, 3.05) is 13.1 Å². The molecule has 1 aliphatic heterocycles. The Morgan fingerprint density at radius 2 is 1.76 bits per heavy atom. The zero-order valence-electron chi connectivity index (χ0n) is 13.1. The summed E-state index contributed by atoms with van der Waals surface area (Å²) in [5.41, 5.74) is 8.46. The second kappa shape index (κ2) is 6.28. The lowest BCUT2D eigenvalue weighted by Gasteiger charge is -2.34. The van der Waals surface area contributed by atoms with Crippen molar-refractivity contribution in [3.05, 3.63) is 28.8 Å². The summed E-state index contributed by atoms with van der Waals surface area (Å²) in [5.74, 6) is 0. The van der Waals surface area contributed by atoms with Gasteiger partial charge in [-0.2, -0.15) is 16.1 Å². The summed E-state index contributed by atoms with van der Waals surface area (Å²) in [6, 6.07) is 3.66. The Morgan fingerprint density at radius 3 is 2.29 bits per heavy atom. The number of hydrogen-bond acceptors (Lipinski definition) is 4. The van der Waals surface area contributed by atoms with E-state index < -0.39 is 10.0 Å². The van der Waals surface area contributed by atoms with E-state index in [2.05, 4.69) is 13.8 Å². The molecule has 1 saturated heterocycles. The van der Waals surface area contributed by atoms with Crippen LogP contribution in [0.25, 0.3) is 0 Å². The van der Waals surface area contributed by atoms with Crippen LogP contribution in [0.4, 0.5) is 0 Å². The zero-order chi connectivity index (χ0) is 15.8. The molecule has 118 valence electrons. The normalized spacial score (nSPS) is 24.2. The Balaban J connectivity index is 2.44. The number of benzene rings is 1. The van der Waals surface area contributed by atoms with Crippen molar-refractivity contribution in [1.82, 2.24) is 4.31 Å². The predicted octanol–water partition coefficient (Wildman–Crippen LogP) is 2.28. The van der Waals surface area contributed by atoms with Crippen molar-refractivity contribution in [3.8, 4) is 0 Å². The fraction of sp³-hybridized carbons (Fsp3) is 0.600. The van der Waals surface area contributed by atoms with E-state index in [-0.39, 0.29) is 0 Å². The van der Waals surface area contributed by atoms with Gasteiger partial charge in [-0.15, -0.1) is 0 Å². The van der Waals surface area contributed by atoms with E-state index in [4.69, 9.17) is 5.73 Å². The van der Waals surface area contributed by atoms with E-state index in [1.807, 2.05) is 31.7 Å².